The molecular weight excluding hydrogens is 260 g/mol. The number of rotatable bonds is 7. The summed E-state index contributed by atoms with van der Waals surface area (Å²) in [4.78, 5) is 14.9. The van der Waals surface area contributed by atoms with Crippen molar-refractivity contribution in [3.8, 4) is 11.1 Å². The van der Waals surface area contributed by atoms with E-state index in [2.05, 4.69) is 16.9 Å². The van der Waals surface area contributed by atoms with Gasteiger partial charge < -0.3 is 10.1 Å². The van der Waals surface area contributed by atoms with Gasteiger partial charge >= 0.3 is 0 Å². The maximum Gasteiger partial charge on any atom is 0.127 e. The summed E-state index contributed by atoms with van der Waals surface area (Å²) in [6.45, 7) is 3.63. The van der Waals surface area contributed by atoms with Crippen LogP contribution in [0.4, 0.5) is 5.69 Å². The van der Waals surface area contributed by atoms with Gasteiger partial charge in [0.15, 0.2) is 0 Å². The standard InChI is InChI=1S/C18H18N2O/c1-2-4-15(14-21)10-12-20-18-8-6-16(7-9-18)17-5-3-11-19-13-17/h2-3,5-15,20H,1,4H2/b12-10+. The zero-order valence-electron chi connectivity index (χ0n) is 11.8. The van der Waals surface area contributed by atoms with E-state index in [4.69, 9.17) is 0 Å². The molecule has 0 spiro atoms. The van der Waals surface area contributed by atoms with Crippen molar-refractivity contribution in [1.29, 1.82) is 0 Å². The maximum atomic E-state index is 10.8. The molecule has 1 heterocycles. The van der Waals surface area contributed by atoms with Gasteiger partial charge in [-0.3, -0.25) is 4.98 Å². The average molecular weight is 278 g/mol. The van der Waals surface area contributed by atoms with Crippen LogP contribution in [0.3, 0.4) is 0 Å². The maximum absolute atomic E-state index is 10.8. The summed E-state index contributed by atoms with van der Waals surface area (Å²) >= 11 is 0. The van der Waals surface area contributed by atoms with Crippen molar-refractivity contribution >= 4 is 12.0 Å². The highest BCUT2D eigenvalue weighted by molar-refractivity contribution is 5.65. The number of benzene rings is 1. The van der Waals surface area contributed by atoms with Crippen LogP contribution in [0.25, 0.3) is 11.1 Å². The summed E-state index contributed by atoms with van der Waals surface area (Å²) in [6.07, 6.45) is 10.5. The van der Waals surface area contributed by atoms with Crippen molar-refractivity contribution in [3.63, 3.8) is 0 Å². The third kappa shape index (κ3) is 4.42. The lowest BCUT2D eigenvalue weighted by atomic mass is 10.1. The zero-order chi connectivity index (χ0) is 14.9. The van der Waals surface area contributed by atoms with Gasteiger partial charge in [-0.1, -0.05) is 30.4 Å². The second-order valence-electron chi connectivity index (χ2n) is 4.65. The second kappa shape index (κ2) is 7.80. The highest BCUT2D eigenvalue weighted by atomic mass is 16.1. The van der Waals surface area contributed by atoms with Crippen LogP contribution in [0.1, 0.15) is 6.42 Å². The van der Waals surface area contributed by atoms with Crippen LogP contribution in [0.15, 0.2) is 73.7 Å². The third-order valence-corrected chi connectivity index (χ3v) is 3.09. The number of aldehydes is 1. The summed E-state index contributed by atoms with van der Waals surface area (Å²) < 4.78 is 0. The molecule has 0 aliphatic rings. The lowest BCUT2D eigenvalue weighted by Gasteiger charge is -2.05. The molecule has 1 aromatic heterocycles. The minimum Gasteiger partial charge on any atom is -0.362 e. The number of carbonyl (C=O) groups is 1. The fraction of sp³-hybridized carbons (Fsp3) is 0.111. The first-order valence-corrected chi connectivity index (χ1v) is 6.83. The zero-order valence-corrected chi connectivity index (χ0v) is 11.8. The van der Waals surface area contributed by atoms with Gasteiger partial charge in [0.1, 0.15) is 6.29 Å². The second-order valence-corrected chi connectivity index (χ2v) is 4.65. The van der Waals surface area contributed by atoms with Crippen LogP contribution < -0.4 is 5.32 Å². The van der Waals surface area contributed by atoms with E-state index in [-0.39, 0.29) is 5.92 Å². The number of hydrogen-bond acceptors (Lipinski definition) is 3. The summed E-state index contributed by atoms with van der Waals surface area (Å²) in [5.74, 6) is -0.121. The molecule has 0 radical (unpaired) electrons. The largest absolute Gasteiger partial charge is 0.362 e. The Morgan fingerprint density at radius 1 is 1.19 bits per heavy atom. The summed E-state index contributed by atoms with van der Waals surface area (Å²) in [6, 6.07) is 12.0. The van der Waals surface area contributed by atoms with E-state index < -0.39 is 0 Å². The molecule has 2 aromatic rings. The molecule has 3 nitrogen and oxygen atoms in total. The molecule has 1 aromatic carbocycles. The van der Waals surface area contributed by atoms with Gasteiger partial charge in [-0.05, 0) is 41.9 Å². The monoisotopic (exact) mass is 278 g/mol. The molecule has 0 fully saturated rings. The normalized spacial score (nSPS) is 12.0. The number of aromatic nitrogens is 1. The van der Waals surface area contributed by atoms with Crippen LogP contribution in [0.5, 0.6) is 0 Å². The first kappa shape index (κ1) is 14.7. The smallest absolute Gasteiger partial charge is 0.127 e. The molecule has 2 rings (SSSR count). The Balaban J connectivity index is 1.98. The predicted octanol–water partition coefficient (Wildman–Crippen LogP) is 4.07. The Morgan fingerprint density at radius 3 is 2.62 bits per heavy atom. The SMILES string of the molecule is C=CCC(C=O)/C=C/Nc1ccc(-c2cccnc2)cc1. The van der Waals surface area contributed by atoms with E-state index in [0.717, 1.165) is 23.1 Å². The van der Waals surface area contributed by atoms with E-state index in [1.807, 2.05) is 48.7 Å². The molecule has 21 heavy (non-hydrogen) atoms. The van der Waals surface area contributed by atoms with Gasteiger partial charge in [0.05, 0.1) is 0 Å². The van der Waals surface area contributed by atoms with Gasteiger partial charge in [0.25, 0.3) is 0 Å². The number of hydrogen-bond donors (Lipinski definition) is 1. The number of pyridine rings is 1. The highest BCUT2D eigenvalue weighted by Crippen LogP contribution is 2.20. The van der Waals surface area contributed by atoms with Crippen molar-refractivity contribution in [3.05, 3.63) is 73.7 Å². The molecule has 0 amide bonds. The van der Waals surface area contributed by atoms with Gasteiger partial charge in [-0.15, -0.1) is 6.58 Å². The van der Waals surface area contributed by atoms with Gasteiger partial charge in [0.2, 0.25) is 0 Å². The number of allylic oxidation sites excluding steroid dienone is 2. The van der Waals surface area contributed by atoms with E-state index in [0.29, 0.717) is 6.42 Å². The van der Waals surface area contributed by atoms with Crippen molar-refractivity contribution in [1.82, 2.24) is 4.98 Å². The van der Waals surface area contributed by atoms with Gasteiger partial charge in [-0.2, -0.15) is 0 Å². The van der Waals surface area contributed by atoms with E-state index in [1.54, 1.807) is 18.5 Å². The summed E-state index contributed by atoms with van der Waals surface area (Å²) in [5, 5.41) is 3.16. The third-order valence-electron chi connectivity index (χ3n) is 3.09. The van der Waals surface area contributed by atoms with Crippen LogP contribution >= 0.6 is 0 Å². The number of carbonyl (C=O) groups excluding carboxylic acids is 1. The molecule has 1 unspecified atom stereocenters. The Bertz CT molecular complexity index is 603. The van der Waals surface area contributed by atoms with E-state index in [9.17, 15) is 4.79 Å². The molecule has 1 N–H and O–H groups in total. The molecule has 0 bridgehead atoms. The lowest BCUT2D eigenvalue weighted by molar-refractivity contribution is -0.109. The number of nitrogens with one attached hydrogen (secondary N) is 1. The van der Waals surface area contributed by atoms with Crippen molar-refractivity contribution in [2.75, 3.05) is 5.32 Å². The molecule has 106 valence electrons. The predicted molar refractivity (Wildman–Crippen MR) is 86.8 cm³/mol. The molecule has 1 atom stereocenters. The van der Waals surface area contributed by atoms with Crippen LogP contribution in [0, 0.1) is 5.92 Å². The first-order chi connectivity index (χ1) is 10.3. The van der Waals surface area contributed by atoms with Crippen LogP contribution in [-0.4, -0.2) is 11.3 Å². The Hall–Kier alpha value is -2.68. The van der Waals surface area contributed by atoms with Crippen LogP contribution in [0.2, 0.25) is 0 Å². The lowest BCUT2D eigenvalue weighted by Crippen LogP contribution is -1.97. The first-order valence-electron chi connectivity index (χ1n) is 6.83. The summed E-state index contributed by atoms with van der Waals surface area (Å²) in [7, 11) is 0. The topological polar surface area (TPSA) is 42.0 Å². The minimum atomic E-state index is -0.121. The van der Waals surface area contributed by atoms with E-state index in [1.165, 1.54) is 0 Å². The molecule has 0 aliphatic heterocycles. The van der Waals surface area contributed by atoms with Crippen LogP contribution in [-0.2, 0) is 4.79 Å². The fourth-order valence-corrected chi connectivity index (χ4v) is 1.93. The van der Waals surface area contributed by atoms with Crippen molar-refractivity contribution < 1.29 is 4.79 Å². The molecule has 0 saturated heterocycles. The van der Waals surface area contributed by atoms with Gasteiger partial charge in [0, 0.05) is 24.0 Å². The van der Waals surface area contributed by atoms with Crippen molar-refractivity contribution in [2.24, 2.45) is 5.92 Å². The van der Waals surface area contributed by atoms with Gasteiger partial charge in [-0.25, -0.2) is 0 Å². The molecule has 3 heteroatoms. The Morgan fingerprint density at radius 2 is 2.00 bits per heavy atom. The Kier molecular flexibility index (Phi) is 5.47. The molecule has 0 aliphatic carbocycles. The molecule has 0 saturated carbocycles. The number of nitrogens with zero attached hydrogens (tertiary/aromatic N) is 1. The number of anilines is 1. The average Bonchev–Trinajstić information content (AvgIpc) is 2.55. The Labute approximate surface area is 125 Å². The fourth-order valence-electron chi connectivity index (χ4n) is 1.93. The quantitative estimate of drug-likeness (QED) is 0.613. The van der Waals surface area contributed by atoms with E-state index >= 15 is 0 Å². The molecular formula is C18H18N2O. The summed E-state index contributed by atoms with van der Waals surface area (Å²) in [5.41, 5.74) is 3.18. The van der Waals surface area contributed by atoms with Crippen molar-refractivity contribution in [2.45, 2.75) is 6.42 Å². The highest BCUT2D eigenvalue weighted by Gasteiger charge is 1.99. The minimum absolute atomic E-state index is 0.121.